The van der Waals surface area contributed by atoms with E-state index in [-0.39, 0.29) is 19.3 Å². The predicted molar refractivity (Wildman–Crippen MR) is 141 cm³/mol. The molecule has 0 saturated heterocycles. The van der Waals surface area contributed by atoms with E-state index in [1.54, 1.807) is 30.3 Å². The fourth-order valence-corrected chi connectivity index (χ4v) is 3.98. The van der Waals surface area contributed by atoms with Gasteiger partial charge in [-0.15, -0.1) is 0 Å². The molecule has 0 aliphatic heterocycles. The Kier molecular flexibility index (Phi) is 12.3. The Bertz CT molecular complexity index is 1080. The van der Waals surface area contributed by atoms with Crippen molar-refractivity contribution < 1.29 is 29.1 Å². The van der Waals surface area contributed by atoms with Crippen molar-refractivity contribution in [2.24, 2.45) is 11.5 Å². The molecule has 1 aromatic heterocycles. The summed E-state index contributed by atoms with van der Waals surface area (Å²) >= 11 is 1.44. The molecule has 0 aliphatic carbocycles. The number of amides is 4. The molecule has 0 saturated carbocycles. The van der Waals surface area contributed by atoms with Crippen LogP contribution in [0, 0.1) is 0 Å². The zero-order chi connectivity index (χ0) is 28.1. The van der Waals surface area contributed by atoms with Crippen LogP contribution in [0.5, 0.6) is 0 Å². The topological polar surface area (TPSA) is 222 Å². The molecule has 0 aliphatic rings. The minimum absolute atomic E-state index is 0.0104. The van der Waals surface area contributed by atoms with Gasteiger partial charge in [-0.2, -0.15) is 11.8 Å². The minimum Gasteiger partial charge on any atom is -0.480 e. The molecule has 1 heterocycles. The van der Waals surface area contributed by atoms with E-state index in [1.165, 1.54) is 24.3 Å². The fourth-order valence-electron chi connectivity index (χ4n) is 3.51. The number of carbonyl (C=O) groups is 5. The molecule has 4 unspecified atom stereocenters. The molecule has 0 spiro atoms. The number of primary amides is 1. The number of aromatic amines is 1. The van der Waals surface area contributed by atoms with E-state index >= 15 is 0 Å². The summed E-state index contributed by atoms with van der Waals surface area (Å²) in [5.41, 5.74) is 12.1. The maximum atomic E-state index is 13.2. The van der Waals surface area contributed by atoms with Crippen LogP contribution in [0.15, 0.2) is 42.9 Å². The first-order chi connectivity index (χ1) is 18.1. The van der Waals surface area contributed by atoms with Crippen molar-refractivity contribution in [3.63, 3.8) is 0 Å². The first-order valence-corrected chi connectivity index (χ1v) is 13.2. The summed E-state index contributed by atoms with van der Waals surface area (Å²) < 4.78 is 0. The SMILES string of the molecule is CSCCC(NC(=O)C(Cc1cnc[nH]1)NC(=O)C(N)CC(N)=O)C(=O)NC(Cc1ccccc1)C(=O)O. The van der Waals surface area contributed by atoms with E-state index < -0.39 is 60.2 Å². The number of thioether (sulfide) groups is 1. The van der Waals surface area contributed by atoms with E-state index in [9.17, 15) is 29.1 Å². The molecular formula is C24H33N7O6S. The molecule has 206 valence electrons. The van der Waals surface area contributed by atoms with Gasteiger partial charge in [-0.05, 0) is 24.0 Å². The number of carbonyl (C=O) groups excluding carboxylic acids is 4. The number of carboxylic acid groups (broad SMARTS) is 1. The van der Waals surface area contributed by atoms with Crippen LogP contribution in [-0.4, -0.2) is 80.8 Å². The molecular weight excluding hydrogens is 514 g/mol. The van der Waals surface area contributed by atoms with E-state index in [1.807, 2.05) is 6.26 Å². The summed E-state index contributed by atoms with van der Waals surface area (Å²) in [6.07, 6.45) is 4.54. The lowest BCUT2D eigenvalue weighted by Gasteiger charge is -2.25. The second-order valence-electron chi connectivity index (χ2n) is 8.55. The number of carboxylic acids is 1. The standard InChI is InChI=1S/C24H33N7O6S/c1-38-8-7-17(22(34)31-19(24(36)37)9-14-5-3-2-4-6-14)29-23(35)18(10-15-12-27-13-28-15)30-21(33)16(25)11-20(26)32/h2-6,12-13,16-19H,7-11,25H2,1H3,(H2,26,32)(H,27,28)(H,29,35)(H,30,33)(H,31,34)(H,36,37). The lowest BCUT2D eigenvalue weighted by molar-refractivity contribution is -0.142. The number of H-pyrrole nitrogens is 1. The zero-order valence-corrected chi connectivity index (χ0v) is 21.7. The number of nitrogens with zero attached hydrogens (tertiary/aromatic N) is 1. The number of imidazole rings is 1. The maximum absolute atomic E-state index is 13.2. The second-order valence-corrected chi connectivity index (χ2v) is 9.54. The van der Waals surface area contributed by atoms with Crippen molar-refractivity contribution in [1.29, 1.82) is 0 Å². The number of nitrogens with two attached hydrogens (primary N) is 2. The highest BCUT2D eigenvalue weighted by atomic mass is 32.2. The molecule has 9 N–H and O–H groups in total. The summed E-state index contributed by atoms with van der Waals surface area (Å²) in [6.45, 7) is 0. The molecule has 0 bridgehead atoms. The van der Waals surface area contributed by atoms with Gasteiger partial charge < -0.3 is 37.5 Å². The molecule has 2 rings (SSSR count). The Morgan fingerprint density at radius 3 is 2.18 bits per heavy atom. The Morgan fingerprint density at radius 2 is 1.61 bits per heavy atom. The first-order valence-electron chi connectivity index (χ1n) is 11.8. The smallest absolute Gasteiger partial charge is 0.326 e. The first kappa shape index (κ1) is 30.3. The number of hydrogen-bond acceptors (Lipinski definition) is 8. The molecule has 0 fully saturated rings. The van der Waals surface area contributed by atoms with Crippen LogP contribution in [0.4, 0.5) is 0 Å². The van der Waals surface area contributed by atoms with Crippen LogP contribution in [0.1, 0.15) is 24.1 Å². The molecule has 38 heavy (non-hydrogen) atoms. The van der Waals surface area contributed by atoms with Crippen molar-refractivity contribution in [3.8, 4) is 0 Å². The predicted octanol–water partition coefficient (Wildman–Crippen LogP) is -1.31. The van der Waals surface area contributed by atoms with Crippen molar-refractivity contribution in [3.05, 3.63) is 54.1 Å². The van der Waals surface area contributed by atoms with Gasteiger partial charge in [0.15, 0.2) is 0 Å². The molecule has 14 heteroatoms. The molecule has 0 radical (unpaired) electrons. The van der Waals surface area contributed by atoms with Crippen LogP contribution < -0.4 is 27.4 Å². The summed E-state index contributed by atoms with van der Waals surface area (Å²) in [7, 11) is 0. The number of hydrogen-bond donors (Lipinski definition) is 7. The Hall–Kier alpha value is -3.91. The Balaban J connectivity index is 2.17. The summed E-state index contributed by atoms with van der Waals surface area (Å²) in [4.78, 5) is 68.6. The monoisotopic (exact) mass is 547 g/mol. The molecule has 1 aromatic carbocycles. The van der Waals surface area contributed by atoms with Gasteiger partial charge in [0.25, 0.3) is 0 Å². The van der Waals surface area contributed by atoms with Gasteiger partial charge in [0.05, 0.1) is 18.8 Å². The van der Waals surface area contributed by atoms with Gasteiger partial charge in [-0.3, -0.25) is 19.2 Å². The van der Waals surface area contributed by atoms with Gasteiger partial charge >= 0.3 is 5.97 Å². The van der Waals surface area contributed by atoms with Crippen LogP contribution in [-0.2, 0) is 36.8 Å². The number of aromatic nitrogens is 2. The summed E-state index contributed by atoms with van der Waals surface area (Å²) in [5.74, 6) is -3.65. The molecule has 2 aromatic rings. The van der Waals surface area contributed by atoms with Crippen molar-refractivity contribution in [1.82, 2.24) is 25.9 Å². The van der Waals surface area contributed by atoms with Crippen LogP contribution in [0.25, 0.3) is 0 Å². The van der Waals surface area contributed by atoms with E-state index in [0.717, 1.165) is 5.56 Å². The van der Waals surface area contributed by atoms with Gasteiger partial charge in [-0.1, -0.05) is 30.3 Å². The van der Waals surface area contributed by atoms with Crippen molar-refractivity contribution in [2.75, 3.05) is 12.0 Å². The number of nitrogens with one attached hydrogen (secondary N) is 4. The highest BCUT2D eigenvalue weighted by molar-refractivity contribution is 7.98. The van der Waals surface area contributed by atoms with Crippen LogP contribution >= 0.6 is 11.8 Å². The lowest BCUT2D eigenvalue weighted by atomic mass is 10.0. The highest BCUT2D eigenvalue weighted by Crippen LogP contribution is 2.08. The minimum atomic E-state index is -1.27. The van der Waals surface area contributed by atoms with Crippen molar-refractivity contribution >= 4 is 41.4 Å². The fraction of sp³-hybridized carbons (Fsp3) is 0.417. The lowest BCUT2D eigenvalue weighted by Crippen LogP contribution is -2.58. The quantitative estimate of drug-likeness (QED) is 0.132. The van der Waals surface area contributed by atoms with Gasteiger partial charge in [0.2, 0.25) is 23.6 Å². The number of rotatable bonds is 16. The Labute approximate surface area is 223 Å². The largest absolute Gasteiger partial charge is 0.480 e. The summed E-state index contributed by atoms with van der Waals surface area (Å²) in [6, 6.07) is 4.09. The van der Waals surface area contributed by atoms with Crippen molar-refractivity contribution in [2.45, 2.75) is 49.9 Å². The zero-order valence-electron chi connectivity index (χ0n) is 20.9. The third kappa shape index (κ3) is 10.2. The van der Waals surface area contributed by atoms with Crippen LogP contribution in [0.2, 0.25) is 0 Å². The third-order valence-corrected chi connectivity index (χ3v) is 6.15. The van der Waals surface area contributed by atoms with Gasteiger partial charge in [0, 0.05) is 24.7 Å². The highest BCUT2D eigenvalue weighted by Gasteiger charge is 2.31. The van der Waals surface area contributed by atoms with Gasteiger partial charge in [0.1, 0.15) is 18.1 Å². The van der Waals surface area contributed by atoms with E-state index in [0.29, 0.717) is 11.4 Å². The molecule has 4 amide bonds. The summed E-state index contributed by atoms with van der Waals surface area (Å²) in [5, 5.41) is 17.3. The Morgan fingerprint density at radius 1 is 0.974 bits per heavy atom. The second kappa shape index (κ2) is 15.4. The third-order valence-electron chi connectivity index (χ3n) is 5.51. The average Bonchev–Trinajstić information content (AvgIpc) is 3.38. The van der Waals surface area contributed by atoms with E-state index in [2.05, 4.69) is 25.9 Å². The van der Waals surface area contributed by atoms with Crippen LogP contribution in [0.3, 0.4) is 0 Å². The number of aliphatic carboxylic acids is 1. The van der Waals surface area contributed by atoms with Gasteiger partial charge in [-0.25, -0.2) is 9.78 Å². The average molecular weight is 548 g/mol. The normalized spacial score (nSPS) is 13.9. The molecule has 4 atom stereocenters. The maximum Gasteiger partial charge on any atom is 0.326 e. The molecule has 13 nitrogen and oxygen atoms in total. The number of benzene rings is 1. The van der Waals surface area contributed by atoms with E-state index in [4.69, 9.17) is 11.5 Å².